The van der Waals surface area contributed by atoms with Crippen LogP contribution < -0.4 is 0 Å². The van der Waals surface area contributed by atoms with Gasteiger partial charge in [-0.15, -0.1) is 0 Å². The third-order valence-electron chi connectivity index (χ3n) is 4.40. The normalized spacial score (nSPS) is 60.3. The summed E-state index contributed by atoms with van der Waals surface area (Å²) in [5, 5.41) is 9.72. The van der Waals surface area contributed by atoms with Crippen LogP contribution in [0.3, 0.4) is 0 Å². The zero-order valence-electron chi connectivity index (χ0n) is 6.87. The lowest BCUT2D eigenvalue weighted by molar-refractivity contribution is 0.0863. The third kappa shape index (κ3) is 0.703. The van der Waals surface area contributed by atoms with E-state index >= 15 is 0 Å². The second-order valence-electron chi connectivity index (χ2n) is 4.72. The molecular formula is C10H16O. The highest BCUT2D eigenvalue weighted by atomic mass is 16.3. The maximum Gasteiger partial charge on any atom is 0.0573 e. The summed E-state index contributed by atoms with van der Waals surface area (Å²) in [6.07, 6.45) is 6.85. The number of hydrogen-bond donors (Lipinski definition) is 1. The molecular weight excluding hydrogens is 136 g/mol. The van der Waals surface area contributed by atoms with Crippen molar-refractivity contribution in [1.29, 1.82) is 0 Å². The molecule has 2 bridgehead atoms. The third-order valence-corrected chi connectivity index (χ3v) is 4.40. The van der Waals surface area contributed by atoms with Crippen molar-refractivity contribution in [2.24, 2.45) is 23.7 Å². The maximum absolute atomic E-state index is 9.72. The monoisotopic (exact) mass is 152 g/mol. The minimum atomic E-state index is 0.0790. The Labute approximate surface area is 67.8 Å². The molecule has 0 aliphatic heterocycles. The molecule has 0 aromatic carbocycles. The van der Waals surface area contributed by atoms with Crippen molar-refractivity contribution in [3.05, 3.63) is 0 Å². The van der Waals surface area contributed by atoms with E-state index in [0.717, 1.165) is 30.1 Å². The molecule has 5 atom stereocenters. The Morgan fingerprint density at radius 1 is 0.909 bits per heavy atom. The quantitative estimate of drug-likeness (QED) is 0.561. The number of aliphatic hydroxyl groups excluding tert-OH is 1. The molecule has 3 aliphatic carbocycles. The average Bonchev–Trinajstić information content (AvgIpc) is 2.60. The van der Waals surface area contributed by atoms with Crippen LogP contribution >= 0.6 is 0 Å². The molecule has 0 radical (unpaired) electrons. The van der Waals surface area contributed by atoms with E-state index in [2.05, 4.69) is 0 Å². The molecule has 1 N–H and O–H groups in total. The molecule has 0 aromatic heterocycles. The van der Waals surface area contributed by atoms with Crippen molar-refractivity contribution < 1.29 is 5.11 Å². The lowest BCUT2D eigenvalue weighted by Crippen LogP contribution is -2.24. The zero-order chi connectivity index (χ0) is 7.42. The average molecular weight is 152 g/mol. The SMILES string of the molecule is O[C@@H]1CC[C@@H]2[C@@H]3CC[C@@H](C3)[C@@H]21. The van der Waals surface area contributed by atoms with Crippen molar-refractivity contribution in [2.45, 2.75) is 38.2 Å². The van der Waals surface area contributed by atoms with E-state index in [1.807, 2.05) is 0 Å². The molecule has 0 unspecified atom stereocenters. The predicted molar refractivity (Wildman–Crippen MR) is 43.1 cm³/mol. The largest absolute Gasteiger partial charge is 0.393 e. The van der Waals surface area contributed by atoms with E-state index < -0.39 is 0 Å². The van der Waals surface area contributed by atoms with Gasteiger partial charge in [-0.1, -0.05) is 0 Å². The van der Waals surface area contributed by atoms with Gasteiger partial charge >= 0.3 is 0 Å². The van der Waals surface area contributed by atoms with Crippen molar-refractivity contribution in [2.75, 3.05) is 0 Å². The Bertz CT molecular complexity index is 178. The summed E-state index contributed by atoms with van der Waals surface area (Å²) in [4.78, 5) is 0. The molecule has 0 saturated heterocycles. The summed E-state index contributed by atoms with van der Waals surface area (Å²) in [7, 11) is 0. The highest BCUT2D eigenvalue weighted by Gasteiger charge is 2.52. The first kappa shape index (κ1) is 6.47. The van der Waals surface area contributed by atoms with Crippen LogP contribution in [0.2, 0.25) is 0 Å². The molecule has 1 heteroatoms. The Balaban J connectivity index is 1.91. The molecule has 3 fully saturated rings. The summed E-state index contributed by atoms with van der Waals surface area (Å²) < 4.78 is 0. The zero-order valence-corrected chi connectivity index (χ0v) is 6.87. The molecule has 0 heterocycles. The molecule has 62 valence electrons. The van der Waals surface area contributed by atoms with E-state index in [-0.39, 0.29) is 6.10 Å². The Morgan fingerprint density at radius 2 is 1.73 bits per heavy atom. The van der Waals surface area contributed by atoms with Crippen LogP contribution in [-0.4, -0.2) is 11.2 Å². The molecule has 0 amide bonds. The predicted octanol–water partition coefficient (Wildman–Crippen LogP) is 1.80. The summed E-state index contributed by atoms with van der Waals surface area (Å²) in [6.45, 7) is 0. The van der Waals surface area contributed by atoms with E-state index in [0.29, 0.717) is 0 Å². The van der Waals surface area contributed by atoms with Gasteiger partial charge in [-0.05, 0) is 55.8 Å². The van der Waals surface area contributed by atoms with Gasteiger partial charge in [0.2, 0.25) is 0 Å². The van der Waals surface area contributed by atoms with Crippen LogP contribution in [0.4, 0.5) is 0 Å². The minimum Gasteiger partial charge on any atom is -0.393 e. The van der Waals surface area contributed by atoms with Gasteiger partial charge in [-0.3, -0.25) is 0 Å². The number of rotatable bonds is 0. The van der Waals surface area contributed by atoms with Gasteiger partial charge < -0.3 is 5.11 Å². The Hall–Kier alpha value is -0.0400. The molecule has 1 nitrogen and oxygen atoms in total. The molecule has 11 heavy (non-hydrogen) atoms. The van der Waals surface area contributed by atoms with E-state index in [9.17, 15) is 5.11 Å². The fourth-order valence-corrected chi connectivity index (χ4v) is 4.04. The van der Waals surface area contributed by atoms with Crippen molar-refractivity contribution in [3.63, 3.8) is 0 Å². The standard InChI is InChI=1S/C10H16O/c11-9-4-3-8-6-1-2-7(5-6)10(8)9/h6-11H,1-5H2/t6-,7+,8-,9-,10+/m1/s1. The van der Waals surface area contributed by atoms with Gasteiger partial charge in [-0.25, -0.2) is 0 Å². The van der Waals surface area contributed by atoms with E-state index in [4.69, 9.17) is 0 Å². The Kier molecular flexibility index (Phi) is 1.18. The van der Waals surface area contributed by atoms with Gasteiger partial charge in [0, 0.05) is 0 Å². The van der Waals surface area contributed by atoms with Crippen molar-refractivity contribution >= 4 is 0 Å². The molecule has 3 saturated carbocycles. The molecule has 3 aliphatic rings. The van der Waals surface area contributed by atoms with E-state index in [1.54, 1.807) is 0 Å². The molecule has 0 aromatic rings. The summed E-state index contributed by atoms with van der Waals surface area (Å²) in [5.41, 5.74) is 0. The molecule has 3 rings (SSSR count). The van der Waals surface area contributed by atoms with E-state index in [1.165, 1.54) is 25.7 Å². The number of fused-ring (bicyclic) bond motifs is 5. The fraction of sp³-hybridized carbons (Fsp3) is 1.00. The Morgan fingerprint density at radius 3 is 2.55 bits per heavy atom. The lowest BCUT2D eigenvalue weighted by atomic mass is 9.81. The summed E-state index contributed by atoms with van der Waals surface area (Å²) in [6, 6.07) is 0. The number of hydrogen-bond acceptors (Lipinski definition) is 1. The first-order chi connectivity index (χ1) is 5.36. The van der Waals surface area contributed by atoms with Gasteiger partial charge in [0.1, 0.15) is 0 Å². The highest BCUT2D eigenvalue weighted by Crippen LogP contribution is 2.58. The summed E-state index contributed by atoms with van der Waals surface area (Å²) >= 11 is 0. The van der Waals surface area contributed by atoms with Gasteiger partial charge in [0.25, 0.3) is 0 Å². The fourth-order valence-electron chi connectivity index (χ4n) is 4.04. The first-order valence-electron chi connectivity index (χ1n) is 5.04. The van der Waals surface area contributed by atoms with Crippen LogP contribution in [0.5, 0.6) is 0 Å². The van der Waals surface area contributed by atoms with Gasteiger partial charge in [-0.2, -0.15) is 0 Å². The van der Waals surface area contributed by atoms with Crippen LogP contribution in [0.1, 0.15) is 32.1 Å². The van der Waals surface area contributed by atoms with Gasteiger partial charge in [0.05, 0.1) is 6.10 Å². The summed E-state index contributed by atoms with van der Waals surface area (Å²) in [5.74, 6) is 3.60. The van der Waals surface area contributed by atoms with Crippen LogP contribution in [0.25, 0.3) is 0 Å². The van der Waals surface area contributed by atoms with Gasteiger partial charge in [0.15, 0.2) is 0 Å². The van der Waals surface area contributed by atoms with Crippen LogP contribution in [-0.2, 0) is 0 Å². The lowest BCUT2D eigenvalue weighted by Gasteiger charge is -2.26. The highest BCUT2D eigenvalue weighted by molar-refractivity contribution is 5.02. The smallest absolute Gasteiger partial charge is 0.0573 e. The van der Waals surface area contributed by atoms with Crippen LogP contribution in [0, 0.1) is 23.7 Å². The first-order valence-corrected chi connectivity index (χ1v) is 5.04. The maximum atomic E-state index is 9.72. The number of aliphatic hydroxyl groups is 1. The second-order valence-corrected chi connectivity index (χ2v) is 4.72. The van der Waals surface area contributed by atoms with Crippen LogP contribution in [0.15, 0.2) is 0 Å². The van der Waals surface area contributed by atoms with Crippen molar-refractivity contribution in [1.82, 2.24) is 0 Å². The van der Waals surface area contributed by atoms with Crippen molar-refractivity contribution in [3.8, 4) is 0 Å². The minimum absolute atomic E-state index is 0.0790. The topological polar surface area (TPSA) is 20.2 Å². The molecule has 0 spiro atoms. The second kappa shape index (κ2) is 2.01.